The van der Waals surface area contributed by atoms with Gasteiger partial charge in [0.15, 0.2) is 5.82 Å². The number of aromatic nitrogens is 3. The molecule has 37 heavy (non-hydrogen) atoms. The highest BCUT2D eigenvalue weighted by atomic mass is 32.2. The Labute approximate surface area is 215 Å². The van der Waals surface area contributed by atoms with Gasteiger partial charge in [0.25, 0.3) is 0 Å². The summed E-state index contributed by atoms with van der Waals surface area (Å²) in [6.07, 6.45) is -3.25. The van der Waals surface area contributed by atoms with E-state index in [2.05, 4.69) is 29.5 Å². The summed E-state index contributed by atoms with van der Waals surface area (Å²) in [6, 6.07) is 14.2. The standard InChI is InChI=1S/C25H32F3N5O3S/c1-3-33(4-2)17-8-18-37(34,35)32-22(16-11-19-9-6-5-7-10-19)24-29-23(30-31-24)20-12-14-21(15-13-20)36-25(26,27)28/h5-7,9-10,12-15,22,32H,3-4,8,11,16-18H2,1-2H3,(H,29,30,31)/t22-/m1/s1. The largest absolute Gasteiger partial charge is 0.573 e. The van der Waals surface area contributed by atoms with Crippen LogP contribution in [0.3, 0.4) is 0 Å². The molecule has 0 aliphatic rings. The van der Waals surface area contributed by atoms with Gasteiger partial charge in [-0.1, -0.05) is 44.2 Å². The lowest BCUT2D eigenvalue weighted by molar-refractivity contribution is -0.274. The van der Waals surface area contributed by atoms with Gasteiger partial charge in [0.2, 0.25) is 10.0 Å². The highest BCUT2D eigenvalue weighted by molar-refractivity contribution is 7.89. The summed E-state index contributed by atoms with van der Waals surface area (Å²) in [7, 11) is -3.61. The lowest BCUT2D eigenvalue weighted by Gasteiger charge is -2.19. The number of ether oxygens (including phenoxy) is 1. The lowest BCUT2D eigenvalue weighted by atomic mass is 10.1. The normalized spacial score (nSPS) is 13.1. The summed E-state index contributed by atoms with van der Waals surface area (Å²) in [5.41, 5.74) is 1.51. The fourth-order valence-corrected chi connectivity index (χ4v) is 5.16. The van der Waals surface area contributed by atoms with Gasteiger partial charge in [-0.2, -0.15) is 5.10 Å². The molecule has 0 aliphatic carbocycles. The number of nitrogens with zero attached hydrogens (tertiary/aromatic N) is 3. The van der Waals surface area contributed by atoms with Crippen LogP contribution in [0.2, 0.25) is 0 Å². The number of rotatable bonds is 14. The van der Waals surface area contributed by atoms with Crippen molar-refractivity contribution in [3.05, 3.63) is 66.0 Å². The van der Waals surface area contributed by atoms with Crippen LogP contribution < -0.4 is 9.46 Å². The second kappa shape index (κ2) is 13.0. The molecule has 0 unspecified atom stereocenters. The van der Waals surface area contributed by atoms with Crippen molar-refractivity contribution >= 4 is 10.0 Å². The lowest BCUT2D eigenvalue weighted by Crippen LogP contribution is -2.33. The molecule has 0 radical (unpaired) electrons. The molecular formula is C25H32F3N5O3S. The molecule has 0 saturated carbocycles. The predicted octanol–water partition coefficient (Wildman–Crippen LogP) is 4.70. The van der Waals surface area contributed by atoms with Gasteiger partial charge < -0.3 is 9.64 Å². The van der Waals surface area contributed by atoms with E-state index in [4.69, 9.17) is 0 Å². The third-order valence-electron chi connectivity index (χ3n) is 5.85. The van der Waals surface area contributed by atoms with E-state index in [0.29, 0.717) is 37.2 Å². The molecular weight excluding hydrogens is 507 g/mol. The van der Waals surface area contributed by atoms with Crippen molar-refractivity contribution in [3.63, 3.8) is 0 Å². The third-order valence-corrected chi connectivity index (χ3v) is 7.32. The van der Waals surface area contributed by atoms with Crippen molar-refractivity contribution in [1.29, 1.82) is 0 Å². The number of benzene rings is 2. The van der Waals surface area contributed by atoms with Gasteiger partial charge in [0, 0.05) is 5.56 Å². The summed E-state index contributed by atoms with van der Waals surface area (Å²) < 4.78 is 69.8. The van der Waals surface area contributed by atoms with E-state index < -0.39 is 22.4 Å². The van der Waals surface area contributed by atoms with Gasteiger partial charge in [0.1, 0.15) is 11.6 Å². The van der Waals surface area contributed by atoms with Gasteiger partial charge in [-0.25, -0.2) is 18.1 Å². The maximum atomic E-state index is 12.9. The second-order valence-corrected chi connectivity index (χ2v) is 10.4. The predicted molar refractivity (Wildman–Crippen MR) is 135 cm³/mol. The number of hydrogen-bond donors (Lipinski definition) is 2. The van der Waals surface area contributed by atoms with Crippen LogP contribution in [0.15, 0.2) is 54.6 Å². The minimum atomic E-state index is -4.78. The minimum Gasteiger partial charge on any atom is -0.406 e. The Hall–Kier alpha value is -2.96. The van der Waals surface area contributed by atoms with Crippen molar-refractivity contribution < 1.29 is 26.3 Å². The number of aromatic amines is 1. The number of aryl methyl sites for hydroxylation is 1. The molecule has 12 heteroatoms. The molecule has 0 fully saturated rings. The Bertz CT molecular complexity index is 1200. The number of H-pyrrole nitrogens is 1. The summed E-state index contributed by atoms with van der Waals surface area (Å²) in [5, 5.41) is 6.96. The molecule has 0 saturated heterocycles. The van der Waals surface area contributed by atoms with Crippen LogP contribution in [-0.2, 0) is 16.4 Å². The summed E-state index contributed by atoms with van der Waals surface area (Å²) in [4.78, 5) is 6.61. The Morgan fingerprint density at radius 3 is 2.35 bits per heavy atom. The average molecular weight is 540 g/mol. The highest BCUT2D eigenvalue weighted by Gasteiger charge is 2.31. The second-order valence-electron chi connectivity index (χ2n) is 8.51. The molecule has 3 aromatic rings. The summed E-state index contributed by atoms with van der Waals surface area (Å²) >= 11 is 0. The quantitative estimate of drug-likeness (QED) is 0.308. The van der Waals surface area contributed by atoms with Crippen molar-refractivity contribution in [2.45, 2.75) is 45.5 Å². The van der Waals surface area contributed by atoms with E-state index in [1.807, 2.05) is 44.2 Å². The smallest absolute Gasteiger partial charge is 0.406 e. The van der Waals surface area contributed by atoms with Crippen LogP contribution in [-0.4, -0.2) is 60.2 Å². The first-order valence-electron chi connectivity index (χ1n) is 12.1. The maximum Gasteiger partial charge on any atom is 0.573 e. The monoisotopic (exact) mass is 539 g/mol. The van der Waals surface area contributed by atoms with Crippen molar-refractivity contribution in [3.8, 4) is 17.1 Å². The number of sulfonamides is 1. The Morgan fingerprint density at radius 2 is 1.73 bits per heavy atom. The molecule has 0 bridgehead atoms. The minimum absolute atomic E-state index is 0.0208. The zero-order chi connectivity index (χ0) is 26.9. The number of nitrogens with one attached hydrogen (secondary N) is 2. The first-order valence-corrected chi connectivity index (χ1v) is 13.8. The van der Waals surface area contributed by atoms with Crippen LogP contribution >= 0.6 is 0 Å². The number of hydrogen-bond acceptors (Lipinski definition) is 6. The van der Waals surface area contributed by atoms with Gasteiger partial charge in [-0.15, -0.1) is 13.2 Å². The first kappa shape index (κ1) is 28.6. The molecule has 1 atom stereocenters. The molecule has 1 aromatic heterocycles. The molecule has 8 nitrogen and oxygen atoms in total. The molecule has 0 spiro atoms. The average Bonchev–Trinajstić information content (AvgIpc) is 3.35. The molecule has 202 valence electrons. The Kier molecular flexibility index (Phi) is 10.1. The number of alkyl halides is 3. The van der Waals surface area contributed by atoms with E-state index in [1.165, 1.54) is 24.3 Å². The zero-order valence-electron chi connectivity index (χ0n) is 20.8. The topological polar surface area (TPSA) is 100 Å². The van der Waals surface area contributed by atoms with Crippen LogP contribution in [0.1, 0.15) is 44.1 Å². The first-order chi connectivity index (χ1) is 17.6. The van der Waals surface area contributed by atoms with Gasteiger partial charge >= 0.3 is 6.36 Å². The van der Waals surface area contributed by atoms with Crippen molar-refractivity contribution in [1.82, 2.24) is 24.8 Å². The molecule has 1 heterocycles. The maximum absolute atomic E-state index is 12.9. The number of halogens is 3. The van der Waals surface area contributed by atoms with E-state index in [9.17, 15) is 21.6 Å². The van der Waals surface area contributed by atoms with Crippen LogP contribution in [0.25, 0.3) is 11.4 Å². The third kappa shape index (κ3) is 9.45. The highest BCUT2D eigenvalue weighted by Crippen LogP contribution is 2.26. The van der Waals surface area contributed by atoms with E-state index in [-0.39, 0.29) is 17.3 Å². The summed E-state index contributed by atoms with van der Waals surface area (Å²) in [5.74, 6) is 0.186. The molecule has 3 rings (SSSR count). The van der Waals surface area contributed by atoms with Gasteiger partial charge in [-0.05, 0) is 68.7 Å². The molecule has 2 N–H and O–H groups in total. The summed E-state index contributed by atoms with van der Waals surface area (Å²) in [6.45, 7) is 6.47. The zero-order valence-corrected chi connectivity index (χ0v) is 21.6. The Morgan fingerprint density at radius 1 is 1.05 bits per heavy atom. The van der Waals surface area contributed by atoms with E-state index in [1.54, 1.807) is 0 Å². The Balaban J connectivity index is 1.74. The van der Waals surface area contributed by atoms with Crippen LogP contribution in [0.4, 0.5) is 13.2 Å². The molecule has 0 aliphatic heterocycles. The molecule has 0 amide bonds. The van der Waals surface area contributed by atoms with Gasteiger partial charge in [-0.3, -0.25) is 5.10 Å². The van der Waals surface area contributed by atoms with Gasteiger partial charge in [0.05, 0.1) is 11.8 Å². The van der Waals surface area contributed by atoms with E-state index in [0.717, 1.165) is 18.7 Å². The van der Waals surface area contributed by atoms with Crippen LogP contribution in [0, 0.1) is 0 Å². The van der Waals surface area contributed by atoms with Crippen molar-refractivity contribution in [2.24, 2.45) is 0 Å². The molecule has 2 aromatic carbocycles. The van der Waals surface area contributed by atoms with E-state index >= 15 is 0 Å². The van der Waals surface area contributed by atoms with Crippen LogP contribution in [0.5, 0.6) is 5.75 Å². The SMILES string of the molecule is CCN(CC)CCCS(=O)(=O)N[C@H](CCc1ccccc1)c1nc(-c2ccc(OC(F)(F)F)cc2)n[nH]1. The fourth-order valence-electron chi connectivity index (χ4n) is 3.87. The van der Waals surface area contributed by atoms with Crippen molar-refractivity contribution in [2.75, 3.05) is 25.4 Å². The fraction of sp³-hybridized carbons (Fsp3) is 0.440.